The van der Waals surface area contributed by atoms with Gasteiger partial charge in [0, 0.05) is 0 Å². The summed E-state index contributed by atoms with van der Waals surface area (Å²) < 4.78 is 4.49. The summed E-state index contributed by atoms with van der Waals surface area (Å²) in [6.45, 7) is 1.89. The second-order valence-electron chi connectivity index (χ2n) is 2.86. The molecular weight excluding hydrogens is 142 g/mol. The molecule has 0 aromatic carbocycles. The van der Waals surface area contributed by atoms with Gasteiger partial charge in [0.1, 0.15) is 5.70 Å². The average Bonchev–Trinajstić information content (AvgIpc) is 2.82. The first-order valence-electron chi connectivity index (χ1n) is 3.71. The minimum atomic E-state index is -0.408. The normalized spacial score (nSPS) is 19.1. The molecule has 0 aliphatic heterocycles. The van der Waals surface area contributed by atoms with Gasteiger partial charge in [-0.25, -0.2) is 4.79 Å². The SMILES string of the molecule is COC(=O)C(N)=C(C)C1CC1. The molecule has 0 heterocycles. The van der Waals surface area contributed by atoms with Crippen LogP contribution in [-0.4, -0.2) is 13.1 Å². The van der Waals surface area contributed by atoms with E-state index in [9.17, 15) is 4.79 Å². The van der Waals surface area contributed by atoms with Gasteiger partial charge in [-0.15, -0.1) is 0 Å². The lowest BCUT2D eigenvalue weighted by molar-refractivity contribution is -0.136. The summed E-state index contributed by atoms with van der Waals surface area (Å²) in [5, 5.41) is 0. The van der Waals surface area contributed by atoms with Crippen LogP contribution in [0.5, 0.6) is 0 Å². The van der Waals surface area contributed by atoms with E-state index in [1.165, 1.54) is 7.11 Å². The quantitative estimate of drug-likeness (QED) is 0.474. The smallest absolute Gasteiger partial charge is 0.353 e. The summed E-state index contributed by atoms with van der Waals surface area (Å²) in [5.41, 5.74) is 6.79. The number of esters is 1. The Balaban J connectivity index is 2.67. The fourth-order valence-electron chi connectivity index (χ4n) is 1.01. The van der Waals surface area contributed by atoms with Crippen molar-refractivity contribution in [3.8, 4) is 0 Å². The molecule has 1 rings (SSSR count). The zero-order valence-corrected chi connectivity index (χ0v) is 6.89. The molecule has 0 bridgehead atoms. The molecule has 0 unspecified atom stereocenters. The predicted octanol–water partition coefficient (Wildman–Crippen LogP) is 0.802. The third-order valence-corrected chi connectivity index (χ3v) is 2.02. The Morgan fingerprint density at radius 1 is 1.55 bits per heavy atom. The number of ether oxygens (including phenoxy) is 1. The van der Waals surface area contributed by atoms with E-state index in [0.717, 1.165) is 18.4 Å². The molecule has 3 nitrogen and oxygen atoms in total. The fraction of sp³-hybridized carbons (Fsp3) is 0.625. The summed E-state index contributed by atoms with van der Waals surface area (Å²) in [6, 6.07) is 0. The van der Waals surface area contributed by atoms with Crippen molar-refractivity contribution < 1.29 is 9.53 Å². The lowest BCUT2D eigenvalue weighted by atomic mass is 10.1. The summed E-state index contributed by atoms with van der Waals surface area (Å²) in [6.07, 6.45) is 2.31. The second kappa shape index (κ2) is 2.95. The monoisotopic (exact) mass is 155 g/mol. The fourth-order valence-corrected chi connectivity index (χ4v) is 1.01. The number of allylic oxidation sites excluding steroid dienone is 1. The molecule has 1 aliphatic rings. The molecule has 11 heavy (non-hydrogen) atoms. The van der Waals surface area contributed by atoms with Crippen molar-refractivity contribution >= 4 is 5.97 Å². The van der Waals surface area contributed by atoms with Gasteiger partial charge in [-0.05, 0) is 31.3 Å². The largest absolute Gasteiger partial charge is 0.464 e. The molecule has 2 N–H and O–H groups in total. The molecule has 1 fully saturated rings. The van der Waals surface area contributed by atoms with Gasteiger partial charge in [-0.3, -0.25) is 0 Å². The van der Waals surface area contributed by atoms with Crippen molar-refractivity contribution in [3.63, 3.8) is 0 Å². The first kappa shape index (κ1) is 8.11. The Morgan fingerprint density at radius 3 is 2.45 bits per heavy atom. The highest BCUT2D eigenvalue weighted by Crippen LogP contribution is 2.36. The topological polar surface area (TPSA) is 52.3 Å². The predicted molar refractivity (Wildman–Crippen MR) is 41.6 cm³/mol. The van der Waals surface area contributed by atoms with Crippen molar-refractivity contribution in [1.82, 2.24) is 0 Å². The summed E-state index contributed by atoms with van der Waals surface area (Å²) in [4.78, 5) is 10.9. The molecule has 0 radical (unpaired) electrons. The Kier molecular flexibility index (Phi) is 2.17. The second-order valence-corrected chi connectivity index (χ2v) is 2.86. The van der Waals surface area contributed by atoms with E-state index < -0.39 is 5.97 Å². The van der Waals surface area contributed by atoms with Crippen LogP contribution in [0.1, 0.15) is 19.8 Å². The first-order valence-corrected chi connectivity index (χ1v) is 3.71. The molecule has 1 saturated carbocycles. The average molecular weight is 155 g/mol. The summed E-state index contributed by atoms with van der Waals surface area (Å²) >= 11 is 0. The van der Waals surface area contributed by atoms with E-state index in [2.05, 4.69) is 4.74 Å². The lowest BCUT2D eigenvalue weighted by Crippen LogP contribution is -2.15. The molecule has 0 aromatic rings. The van der Waals surface area contributed by atoms with Gasteiger partial charge < -0.3 is 10.5 Å². The van der Waals surface area contributed by atoms with Gasteiger partial charge >= 0.3 is 5.97 Å². The third kappa shape index (κ3) is 1.73. The van der Waals surface area contributed by atoms with Crippen LogP contribution in [0, 0.1) is 5.92 Å². The van der Waals surface area contributed by atoms with Gasteiger partial charge in [0.15, 0.2) is 0 Å². The number of carbonyl (C=O) groups is 1. The van der Waals surface area contributed by atoms with Crippen LogP contribution in [0.25, 0.3) is 0 Å². The molecule has 0 amide bonds. The number of rotatable bonds is 2. The Bertz CT molecular complexity index is 204. The van der Waals surface area contributed by atoms with Crippen molar-refractivity contribution in [2.45, 2.75) is 19.8 Å². The van der Waals surface area contributed by atoms with E-state index in [0.29, 0.717) is 5.92 Å². The van der Waals surface area contributed by atoms with Gasteiger partial charge in [0.05, 0.1) is 7.11 Å². The maximum atomic E-state index is 10.9. The van der Waals surface area contributed by atoms with Crippen LogP contribution < -0.4 is 5.73 Å². The van der Waals surface area contributed by atoms with Crippen LogP contribution in [0.2, 0.25) is 0 Å². The number of hydrogen-bond donors (Lipinski definition) is 1. The van der Waals surface area contributed by atoms with Crippen molar-refractivity contribution in [3.05, 3.63) is 11.3 Å². The maximum absolute atomic E-state index is 10.9. The van der Waals surface area contributed by atoms with Gasteiger partial charge in [-0.1, -0.05) is 0 Å². The molecule has 0 aromatic heterocycles. The first-order chi connectivity index (χ1) is 5.16. The van der Waals surface area contributed by atoms with Crippen LogP contribution >= 0.6 is 0 Å². The molecule has 0 spiro atoms. The highest BCUT2D eigenvalue weighted by Gasteiger charge is 2.26. The number of nitrogens with two attached hydrogens (primary N) is 1. The Labute approximate surface area is 66.2 Å². The molecule has 0 saturated heterocycles. The van der Waals surface area contributed by atoms with Gasteiger partial charge in [0.25, 0.3) is 0 Å². The van der Waals surface area contributed by atoms with Crippen LogP contribution in [0.4, 0.5) is 0 Å². The molecule has 62 valence electrons. The van der Waals surface area contributed by atoms with Gasteiger partial charge in [0.2, 0.25) is 0 Å². The highest BCUT2D eigenvalue weighted by molar-refractivity contribution is 5.88. The number of hydrogen-bond acceptors (Lipinski definition) is 3. The molecule has 0 atom stereocenters. The molecule has 3 heteroatoms. The maximum Gasteiger partial charge on any atom is 0.353 e. The van der Waals surface area contributed by atoms with Crippen LogP contribution in [-0.2, 0) is 9.53 Å². The minimum absolute atomic E-state index is 0.287. The zero-order chi connectivity index (χ0) is 8.43. The van der Waals surface area contributed by atoms with E-state index in [4.69, 9.17) is 5.73 Å². The Hall–Kier alpha value is -0.990. The van der Waals surface area contributed by atoms with Crippen molar-refractivity contribution in [2.24, 2.45) is 11.7 Å². The highest BCUT2D eigenvalue weighted by atomic mass is 16.5. The number of carbonyl (C=O) groups excluding carboxylic acids is 1. The summed E-state index contributed by atoms with van der Waals surface area (Å²) in [7, 11) is 1.34. The van der Waals surface area contributed by atoms with Crippen molar-refractivity contribution in [1.29, 1.82) is 0 Å². The zero-order valence-electron chi connectivity index (χ0n) is 6.89. The van der Waals surface area contributed by atoms with Gasteiger partial charge in [-0.2, -0.15) is 0 Å². The standard InChI is InChI=1S/C8H13NO2/c1-5(6-3-4-6)7(9)8(10)11-2/h6H,3-4,9H2,1-2H3. The molecule has 1 aliphatic carbocycles. The van der Waals surface area contributed by atoms with Crippen molar-refractivity contribution in [2.75, 3.05) is 7.11 Å². The van der Waals surface area contributed by atoms with E-state index >= 15 is 0 Å². The minimum Gasteiger partial charge on any atom is -0.464 e. The molecular formula is C8H13NO2. The van der Waals surface area contributed by atoms with E-state index in [1.807, 2.05) is 6.92 Å². The lowest BCUT2D eigenvalue weighted by Gasteiger charge is -2.02. The summed E-state index contributed by atoms with van der Waals surface area (Å²) in [5.74, 6) is 0.128. The van der Waals surface area contributed by atoms with E-state index in [-0.39, 0.29) is 5.70 Å². The van der Waals surface area contributed by atoms with E-state index in [1.54, 1.807) is 0 Å². The Morgan fingerprint density at radius 2 is 2.09 bits per heavy atom. The van der Waals surface area contributed by atoms with Crippen LogP contribution in [0.15, 0.2) is 11.3 Å². The third-order valence-electron chi connectivity index (χ3n) is 2.02. The van der Waals surface area contributed by atoms with Crippen LogP contribution in [0.3, 0.4) is 0 Å². The number of methoxy groups -OCH3 is 1.